The van der Waals surface area contributed by atoms with Gasteiger partial charge in [0.2, 0.25) is 0 Å². The van der Waals surface area contributed by atoms with Crippen LogP contribution in [0.2, 0.25) is 0 Å². The van der Waals surface area contributed by atoms with Gasteiger partial charge in [0.15, 0.2) is 0 Å². The molecule has 0 aromatic heterocycles. The van der Waals surface area contributed by atoms with Crippen molar-refractivity contribution >= 4 is 6.29 Å². The van der Waals surface area contributed by atoms with E-state index >= 15 is 0 Å². The molecular formula is C13H21NO2. The van der Waals surface area contributed by atoms with Gasteiger partial charge >= 0.3 is 0 Å². The Bertz CT molecular complexity index is 332. The molecule has 90 valence electrons. The number of fused-ring (bicyclic) bond motifs is 1. The van der Waals surface area contributed by atoms with Crippen LogP contribution >= 0.6 is 0 Å². The molecule has 3 heteroatoms. The molecule has 4 saturated carbocycles. The fourth-order valence-corrected chi connectivity index (χ4v) is 5.48. The summed E-state index contributed by atoms with van der Waals surface area (Å²) in [6, 6.07) is 0.435. The normalized spacial score (nSPS) is 58.9. The molecule has 0 saturated heterocycles. The van der Waals surface area contributed by atoms with Gasteiger partial charge in [-0.2, -0.15) is 0 Å². The van der Waals surface area contributed by atoms with Crippen LogP contribution in [0.4, 0.5) is 0 Å². The van der Waals surface area contributed by atoms with Gasteiger partial charge in [-0.25, -0.2) is 0 Å². The van der Waals surface area contributed by atoms with Crippen LogP contribution in [0.25, 0.3) is 0 Å². The fraction of sp³-hybridized carbons (Fsp3) is 0.923. The van der Waals surface area contributed by atoms with Crippen LogP contribution in [0.5, 0.6) is 0 Å². The van der Waals surface area contributed by atoms with Gasteiger partial charge in [0, 0.05) is 25.7 Å². The van der Waals surface area contributed by atoms with Crippen LogP contribution in [0.1, 0.15) is 25.7 Å². The molecule has 4 aliphatic rings. The molecule has 0 aromatic carbocycles. The van der Waals surface area contributed by atoms with Crippen molar-refractivity contribution in [3.05, 3.63) is 0 Å². The first-order valence-electron chi connectivity index (χ1n) is 6.27. The van der Waals surface area contributed by atoms with E-state index in [9.17, 15) is 4.79 Å². The molecule has 4 rings (SSSR count). The summed E-state index contributed by atoms with van der Waals surface area (Å²) in [5, 5.41) is 0. The number of ether oxygens (including phenoxy) is 1. The van der Waals surface area contributed by atoms with E-state index in [1.54, 1.807) is 14.2 Å². The van der Waals surface area contributed by atoms with Crippen LogP contribution in [0, 0.1) is 28.6 Å². The van der Waals surface area contributed by atoms with Crippen molar-refractivity contribution in [2.24, 2.45) is 34.3 Å². The Labute approximate surface area is 96.7 Å². The maximum absolute atomic E-state index is 11.1. The molecule has 3 nitrogen and oxygen atoms in total. The Hall–Kier alpha value is -0.410. The van der Waals surface area contributed by atoms with Crippen molar-refractivity contribution in [1.29, 1.82) is 0 Å². The number of hydrogen-bond donors (Lipinski definition) is 1. The lowest BCUT2D eigenvalue weighted by Gasteiger charge is -2.73. The van der Waals surface area contributed by atoms with Gasteiger partial charge in [0.1, 0.15) is 6.29 Å². The second-order valence-corrected chi connectivity index (χ2v) is 6.21. The molecule has 2 bridgehead atoms. The minimum absolute atomic E-state index is 0.116. The summed E-state index contributed by atoms with van der Waals surface area (Å²) in [5.41, 5.74) is 6.73. The number of methoxy groups -OCH3 is 1. The number of hydrogen-bond acceptors (Lipinski definition) is 3. The van der Waals surface area contributed by atoms with Crippen molar-refractivity contribution < 1.29 is 9.53 Å². The smallest absolute Gasteiger partial charge is 0.126 e. The molecule has 0 aliphatic heterocycles. The lowest BCUT2D eigenvalue weighted by Crippen LogP contribution is -2.72. The number of carbonyl (C=O) groups is 1. The number of nitrogens with two attached hydrogens (primary N) is 1. The maximum Gasteiger partial charge on any atom is 0.126 e. The average molecular weight is 223 g/mol. The van der Waals surface area contributed by atoms with E-state index in [2.05, 4.69) is 4.74 Å². The lowest BCUT2D eigenvalue weighted by molar-refractivity contribution is -0.242. The summed E-state index contributed by atoms with van der Waals surface area (Å²) < 4.78 is 4.25. The van der Waals surface area contributed by atoms with Crippen LogP contribution in [-0.2, 0) is 9.53 Å². The van der Waals surface area contributed by atoms with Crippen molar-refractivity contribution in [3.8, 4) is 0 Å². The maximum atomic E-state index is 11.1. The lowest BCUT2D eigenvalue weighted by atomic mass is 9.30. The third-order valence-corrected chi connectivity index (χ3v) is 5.93. The predicted molar refractivity (Wildman–Crippen MR) is 60.8 cm³/mol. The zero-order chi connectivity index (χ0) is 11.6. The third-order valence-electron chi connectivity index (χ3n) is 5.93. The molecule has 6 atom stereocenters. The highest BCUT2D eigenvalue weighted by Gasteiger charge is 2.83. The molecule has 1 spiro atoms. The molecule has 16 heavy (non-hydrogen) atoms. The molecular weight excluding hydrogens is 202 g/mol. The molecule has 0 radical (unpaired) electrons. The van der Waals surface area contributed by atoms with Crippen LogP contribution in [-0.4, -0.2) is 26.5 Å². The first-order chi connectivity index (χ1) is 7.65. The van der Waals surface area contributed by atoms with E-state index in [-0.39, 0.29) is 5.41 Å². The molecule has 4 fully saturated rings. The SMILES string of the molecule is COC.NC1C2CC3CC4(C=O)CC1C34C2. The molecule has 0 aromatic rings. The van der Waals surface area contributed by atoms with Gasteiger partial charge < -0.3 is 15.3 Å². The third kappa shape index (κ3) is 0.842. The predicted octanol–water partition coefficient (Wildman–Crippen LogP) is 1.21. The second kappa shape index (κ2) is 3.08. The van der Waals surface area contributed by atoms with Gasteiger partial charge in [0.25, 0.3) is 0 Å². The van der Waals surface area contributed by atoms with E-state index in [0.29, 0.717) is 11.5 Å². The molecule has 0 amide bonds. The summed E-state index contributed by atoms with van der Waals surface area (Å²) in [6.07, 6.45) is 6.18. The Morgan fingerprint density at radius 2 is 2.00 bits per heavy atom. The minimum atomic E-state index is 0.116. The van der Waals surface area contributed by atoms with Crippen LogP contribution in [0.15, 0.2) is 0 Å². The molecule has 2 N–H and O–H groups in total. The van der Waals surface area contributed by atoms with E-state index in [1.807, 2.05) is 0 Å². The van der Waals surface area contributed by atoms with E-state index < -0.39 is 0 Å². The standard InChI is InChI=1S/C11H15NO.C2H6O/c12-9-6-1-7-3-10(5-13)4-8(9)11(7,10)2-6;1-3-2/h5-9H,1-4,12H2;1-2H3. The summed E-state index contributed by atoms with van der Waals surface area (Å²) in [5.74, 6) is 2.36. The second-order valence-electron chi connectivity index (χ2n) is 6.21. The molecule has 0 heterocycles. The average Bonchev–Trinajstić information content (AvgIpc) is 2.72. The highest BCUT2D eigenvalue weighted by atomic mass is 16.4. The number of rotatable bonds is 1. The van der Waals surface area contributed by atoms with E-state index in [1.165, 1.54) is 25.5 Å². The van der Waals surface area contributed by atoms with Crippen molar-refractivity contribution in [1.82, 2.24) is 0 Å². The van der Waals surface area contributed by atoms with Crippen LogP contribution in [0.3, 0.4) is 0 Å². The Balaban J connectivity index is 0.000000247. The zero-order valence-corrected chi connectivity index (χ0v) is 10.1. The van der Waals surface area contributed by atoms with Gasteiger partial charge in [-0.1, -0.05) is 0 Å². The largest absolute Gasteiger partial charge is 0.388 e. The van der Waals surface area contributed by atoms with Gasteiger partial charge in [-0.15, -0.1) is 0 Å². The zero-order valence-electron chi connectivity index (χ0n) is 10.1. The Kier molecular flexibility index (Phi) is 2.06. The summed E-state index contributed by atoms with van der Waals surface area (Å²) in [4.78, 5) is 11.1. The molecule has 6 unspecified atom stereocenters. The summed E-state index contributed by atoms with van der Waals surface area (Å²) in [6.45, 7) is 0. The highest BCUT2D eigenvalue weighted by molar-refractivity contribution is 5.68. The monoisotopic (exact) mass is 223 g/mol. The molecule has 4 aliphatic carbocycles. The van der Waals surface area contributed by atoms with E-state index in [0.717, 1.165) is 24.2 Å². The number of carbonyl (C=O) groups excluding carboxylic acids is 1. The van der Waals surface area contributed by atoms with Gasteiger partial charge in [-0.05, 0) is 48.9 Å². The van der Waals surface area contributed by atoms with Crippen molar-refractivity contribution in [2.45, 2.75) is 31.7 Å². The first-order valence-corrected chi connectivity index (χ1v) is 6.27. The highest BCUT2D eigenvalue weighted by Crippen LogP contribution is 2.85. The topological polar surface area (TPSA) is 52.3 Å². The van der Waals surface area contributed by atoms with Crippen molar-refractivity contribution in [3.63, 3.8) is 0 Å². The van der Waals surface area contributed by atoms with Gasteiger partial charge in [0.05, 0.1) is 0 Å². The van der Waals surface area contributed by atoms with Crippen LogP contribution < -0.4 is 5.73 Å². The fourth-order valence-electron chi connectivity index (χ4n) is 5.48. The number of aldehydes is 1. The van der Waals surface area contributed by atoms with Crippen molar-refractivity contribution in [2.75, 3.05) is 14.2 Å². The Morgan fingerprint density at radius 3 is 2.56 bits per heavy atom. The first kappa shape index (κ1) is 10.7. The quantitative estimate of drug-likeness (QED) is 0.680. The summed E-state index contributed by atoms with van der Waals surface area (Å²) in [7, 11) is 3.25. The summed E-state index contributed by atoms with van der Waals surface area (Å²) >= 11 is 0. The Morgan fingerprint density at radius 1 is 1.31 bits per heavy atom. The minimum Gasteiger partial charge on any atom is -0.388 e. The van der Waals surface area contributed by atoms with Gasteiger partial charge in [-0.3, -0.25) is 0 Å². The van der Waals surface area contributed by atoms with E-state index in [4.69, 9.17) is 5.73 Å².